The predicted molar refractivity (Wildman–Crippen MR) is 109 cm³/mol. The molecular weight excluding hydrogens is 376 g/mol. The maximum atomic E-state index is 12.1. The van der Waals surface area contributed by atoms with Crippen molar-refractivity contribution in [3.8, 4) is 5.88 Å². The Morgan fingerprint density at radius 2 is 2.07 bits per heavy atom. The monoisotopic (exact) mass is 408 g/mol. The smallest absolute Gasteiger partial charge is 0.409 e. The number of piperidine rings is 1. The van der Waals surface area contributed by atoms with Crippen molar-refractivity contribution in [2.45, 2.75) is 44.4 Å². The zero-order valence-corrected chi connectivity index (χ0v) is 18.0. The Kier molecular flexibility index (Phi) is 7.32. The second-order valence-corrected chi connectivity index (χ2v) is 9.76. The normalized spacial score (nSPS) is 23.5. The zero-order valence-electron chi connectivity index (χ0n) is 17.1. The molecule has 156 valence electrons. The number of nitrogens with zero attached hydrogens (tertiary/aromatic N) is 2. The van der Waals surface area contributed by atoms with Gasteiger partial charge in [-0.3, -0.25) is 4.21 Å². The summed E-state index contributed by atoms with van der Waals surface area (Å²) in [5, 5.41) is 0. The Hall–Kier alpha value is -1.63. The highest BCUT2D eigenvalue weighted by molar-refractivity contribution is 7.84. The molecule has 3 unspecified atom stereocenters. The Bertz CT molecular complexity index is 671. The summed E-state index contributed by atoms with van der Waals surface area (Å²) in [5.74, 6) is 3.19. The average Bonchev–Trinajstić information content (AvgIpc) is 3.46. The van der Waals surface area contributed by atoms with Crippen LogP contribution in [0.15, 0.2) is 23.2 Å². The maximum Gasteiger partial charge on any atom is 0.409 e. The number of amides is 1. The van der Waals surface area contributed by atoms with Crippen LogP contribution in [0, 0.1) is 23.7 Å². The molecule has 1 aliphatic heterocycles. The van der Waals surface area contributed by atoms with Gasteiger partial charge in [-0.05, 0) is 55.4 Å². The predicted octanol–water partition coefficient (Wildman–Crippen LogP) is 3.73. The number of ether oxygens (including phenoxy) is 2. The standard InChI is InChI=1S/C21H32N2O4S/c1-15(2)14-27-21(24)23-9-6-16(7-10-23)19-12-17(19)8-11-26-20-5-4-18(13-22-20)28(3)25/h4-5,13,15-17,19H,6-12,14H2,1-3H3. The highest BCUT2D eigenvalue weighted by Gasteiger charge is 2.43. The molecule has 1 amide bonds. The van der Waals surface area contributed by atoms with Gasteiger partial charge in [0.2, 0.25) is 5.88 Å². The van der Waals surface area contributed by atoms with Crippen molar-refractivity contribution in [2.24, 2.45) is 23.7 Å². The van der Waals surface area contributed by atoms with Crippen LogP contribution >= 0.6 is 0 Å². The molecule has 1 aromatic heterocycles. The van der Waals surface area contributed by atoms with E-state index in [9.17, 15) is 9.00 Å². The molecule has 3 rings (SSSR count). The number of aromatic nitrogens is 1. The Balaban J connectivity index is 1.32. The number of likely N-dealkylation sites (tertiary alicyclic amines) is 1. The lowest BCUT2D eigenvalue weighted by atomic mass is 9.91. The molecule has 3 atom stereocenters. The van der Waals surface area contributed by atoms with Crippen LogP contribution in [-0.4, -0.2) is 52.7 Å². The molecule has 7 heteroatoms. The quantitative estimate of drug-likeness (QED) is 0.656. The van der Waals surface area contributed by atoms with E-state index >= 15 is 0 Å². The lowest BCUT2D eigenvalue weighted by Gasteiger charge is -2.31. The molecule has 6 nitrogen and oxygen atoms in total. The highest BCUT2D eigenvalue weighted by Crippen LogP contribution is 2.49. The van der Waals surface area contributed by atoms with Gasteiger partial charge in [-0.25, -0.2) is 9.78 Å². The summed E-state index contributed by atoms with van der Waals surface area (Å²) < 4.78 is 22.5. The molecule has 28 heavy (non-hydrogen) atoms. The summed E-state index contributed by atoms with van der Waals surface area (Å²) in [4.78, 5) is 18.8. The number of hydrogen-bond acceptors (Lipinski definition) is 5. The summed E-state index contributed by atoms with van der Waals surface area (Å²) >= 11 is 0. The van der Waals surface area contributed by atoms with Crippen LogP contribution in [0.25, 0.3) is 0 Å². The third-order valence-corrected chi connectivity index (χ3v) is 6.61. The summed E-state index contributed by atoms with van der Waals surface area (Å²) in [6.07, 6.45) is 7.58. The van der Waals surface area contributed by atoms with Gasteiger partial charge >= 0.3 is 6.09 Å². The molecule has 0 aromatic carbocycles. The molecule has 1 aromatic rings. The van der Waals surface area contributed by atoms with E-state index < -0.39 is 10.8 Å². The minimum atomic E-state index is -1.01. The maximum absolute atomic E-state index is 12.1. The molecule has 1 saturated heterocycles. The number of pyridine rings is 1. The largest absolute Gasteiger partial charge is 0.478 e. The fourth-order valence-corrected chi connectivity index (χ4v) is 4.42. The second-order valence-electron chi connectivity index (χ2n) is 8.38. The summed E-state index contributed by atoms with van der Waals surface area (Å²) in [5.41, 5.74) is 0. The SMILES string of the molecule is CC(C)COC(=O)N1CCC(C2CC2CCOc2ccc(S(C)=O)cn2)CC1. The molecule has 0 radical (unpaired) electrons. The number of carbonyl (C=O) groups excluding carboxylic acids is 1. The minimum absolute atomic E-state index is 0.154. The van der Waals surface area contributed by atoms with Crippen molar-refractivity contribution in [3.63, 3.8) is 0 Å². The van der Waals surface area contributed by atoms with Crippen molar-refractivity contribution in [2.75, 3.05) is 32.6 Å². The van der Waals surface area contributed by atoms with E-state index in [2.05, 4.69) is 18.8 Å². The molecule has 2 fully saturated rings. The summed E-state index contributed by atoms with van der Waals surface area (Å²) in [7, 11) is -1.01. The van der Waals surface area contributed by atoms with Crippen molar-refractivity contribution in [1.29, 1.82) is 0 Å². The van der Waals surface area contributed by atoms with Crippen LogP contribution in [0.4, 0.5) is 4.79 Å². The fraction of sp³-hybridized carbons (Fsp3) is 0.714. The zero-order chi connectivity index (χ0) is 20.1. The average molecular weight is 409 g/mol. The van der Waals surface area contributed by atoms with Crippen molar-refractivity contribution < 1.29 is 18.5 Å². The Morgan fingerprint density at radius 3 is 2.68 bits per heavy atom. The highest BCUT2D eigenvalue weighted by atomic mass is 32.2. The van der Waals surface area contributed by atoms with E-state index in [1.54, 1.807) is 24.6 Å². The summed E-state index contributed by atoms with van der Waals surface area (Å²) in [6, 6.07) is 3.59. The summed E-state index contributed by atoms with van der Waals surface area (Å²) in [6.45, 7) is 6.90. The lowest BCUT2D eigenvalue weighted by molar-refractivity contribution is 0.0765. The first-order chi connectivity index (χ1) is 13.4. The topological polar surface area (TPSA) is 68.7 Å². The van der Waals surface area contributed by atoms with Crippen LogP contribution in [0.3, 0.4) is 0 Å². The molecule has 2 aliphatic rings. The van der Waals surface area contributed by atoms with Gasteiger partial charge in [0.25, 0.3) is 0 Å². The first-order valence-electron chi connectivity index (χ1n) is 10.3. The van der Waals surface area contributed by atoms with E-state index in [1.807, 2.05) is 4.90 Å². The van der Waals surface area contributed by atoms with Gasteiger partial charge in [0.1, 0.15) is 0 Å². The Labute approximate surface area is 170 Å². The Morgan fingerprint density at radius 1 is 1.32 bits per heavy atom. The van der Waals surface area contributed by atoms with Gasteiger partial charge in [-0.1, -0.05) is 13.8 Å². The van der Waals surface area contributed by atoms with E-state index in [0.717, 1.165) is 50.1 Å². The molecular formula is C21H32N2O4S. The lowest BCUT2D eigenvalue weighted by Crippen LogP contribution is -2.39. The molecule has 2 heterocycles. The van der Waals surface area contributed by atoms with Crippen LogP contribution in [0.2, 0.25) is 0 Å². The van der Waals surface area contributed by atoms with Gasteiger partial charge in [0.05, 0.1) is 28.9 Å². The fourth-order valence-electron chi connectivity index (χ4n) is 3.96. The van der Waals surface area contributed by atoms with E-state index in [-0.39, 0.29) is 6.09 Å². The first kappa shape index (κ1) is 21.1. The molecule has 1 aliphatic carbocycles. The van der Waals surface area contributed by atoms with Crippen molar-refractivity contribution in [1.82, 2.24) is 9.88 Å². The number of carbonyl (C=O) groups is 1. The van der Waals surface area contributed by atoms with Crippen molar-refractivity contribution >= 4 is 16.9 Å². The molecule has 1 saturated carbocycles. The molecule has 0 spiro atoms. The van der Waals surface area contributed by atoms with Gasteiger partial charge < -0.3 is 14.4 Å². The van der Waals surface area contributed by atoms with Crippen molar-refractivity contribution in [3.05, 3.63) is 18.3 Å². The minimum Gasteiger partial charge on any atom is -0.478 e. The van der Waals surface area contributed by atoms with Crippen LogP contribution in [0.5, 0.6) is 5.88 Å². The first-order valence-corrected chi connectivity index (χ1v) is 11.8. The van der Waals surface area contributed by atoms with E-state index in [1.165, 1.54) is 6.42 Å². The van der Waals surface area contributed by atoms with Crippen LogP contribution < -0.4 is 4.74 Å². The van der Waals surface area contributed by atoms with Crippen LogP contribution in [-0.2, 0) is 15.5 Å². The second kappa shape index (κ2) is 9.72. The third kappa shape index (κ3) is 5.93. The molecule has 0 bridgehead atoms. The van der Waals surface area contributed by atoms with E-state index in [0.29, 0.717) is 29.9 Å². The van der Waals surface area contributed by atoms with Gasteiger partial charge in [-0.2, -0.15) is 0 Å². The van der Waals surface area contributed by atoms with Gasteiger partial charge in [-0.15, -0.1) is 0 Å². The van der Waals surface area contributed by atoms with E-state index in [4.69, 9.17) is 9.47 Å². The third-order valence-electron chi connectivity index (χ3n) is 5.70. The van der Waals surface area contributed by atoms with Crippen LogP contribution in [0.1, 0.15) is 39.5 Å². The van der Waals surface area contributed by atoms with Gasteiger partial charge in [0, 0.05) is 31.6 Å². The number of hydrogen-bond donors (Lipinski definition) is 0. The number of rotatable bonds is 8. The van der Waals surface area contributed by atoms with Gasteiger partial charge in [0.15, 0.2) is 0 Å². The molecule has 0 N–H and O–H groups in total.